The van der Waals surface area contributed by atoms with E-state index in [-0.39, 0.29) is 10.8 Å². The predicted molar refractivity (Wildman–Crippen MR) is 86.8 cm³/mol. The number of nitrogens with one attached hydrogen (secondary N) is 2. The van der Waals surface area contributed by atoms with Crippen LogP contribution in [0.1, 0.15) is 0 Å². The van der Waals surface area contributed by atoms with E-state index in [9.17, 15) is 17.6 Å². The second kappa shape index (κ2) is 7.80. The van der Waals surface area contributed by atoms with E-state index >= 15 is 0 Å². The molecule has 10 heteroatoms. The summed E-state index contributed by atoms with van der Waals surface area (Å²) in [5, 5.41) is 0.594. The average molecular weight is 393 g/mol. The summed E-state index contributed by atoms with van der Waals surface area (Å²) in [6.07, 6.45) is 0. The second-order valence-electron chi connectivity index (χ2n) is 4.45. The molecule has 2 aromatic carbocycles. The number of hydrogen-bond acceptors (Lipinski definition) is 4. The van der Waals surface area contributed by atoms with Crippen molar-refractivity contribution in [1.82, 2.24) is 10.3 Å². The molecule has 2 N–H and O–H groups in total. The maximum Gasteiger partial charge on any atom is 0.272 e. The highest BCUT2D eigenvalue weighted by Crippen LogP contribution is 2.27. The van der Waals surface area contributed by atoms with E-state index in [0.717, 1.165) is 12.1 Å². The Balaban J connectivity index is 1.92. The highest BCUT2D eigenvalue weighted by Gasteiger charge is 2.19. The van der Waals surface area contributed by atoms with Gasteiger partial charge in [-0.25, -0.2) is 12.8 Å². The van der Waals surface area contributed by atoms with Gasteiger partial charge >= 0.3 is 0 Å². The van der Waals surface area contributed by atoms with Crippen LogP contribution >= 0.6 is 23.2 Å². The molecular formula is C14H11Cl2FN2O4S. The summed E-state index contributed by atoms with van der Waals surface area (Å²) in [5.41, 5.74) is 1.91. The summed E-state index contributed by atoms with van der Waals surface area (Å²) in [7, 11) is -4.24. The van der Waals surface area contributed by atoms with Crippen molar-refractivity contribution in [2.24, 2.45) is 0 Å². The van der Waals surface area contributed by atoms with E-state index in [1.165, 1.54) is 30.3 Å². The molecule has 0 radical (unpaired) electrons. The number of halogens is 3. The zero-order chi connectivity index (χ0) is 17.7. The standard InChI is InChI=1S/C14H11Cl2FN2O4S/c15-9-5-6-12(10(16)7-9)23-8-14(20)18-19-24(21,22)13-4-2-1-3-11(13)17/h1-7,19H,8H2,(H,18,20). The first-order chi connectivity index (χ1) is 11.3. The number of carbonyl (C=O) groups is 1. The fourth-order valence-electron chi connectivity index (χ4n) is 1.61. The molecule has 0 aliphatic rings. The van der Waals surface area contributed by atoms with Crippen LogP contribution in [-0.2, 0) is 14.8 Å². The lowest BCUT2D eigenvalue weighted by molar-refractivity contribution is -0.123. The Bertz CT molecular complexity index is 862. The van der Waals surface area contributed by atoms with Crippen molar-refractivity contribution in [2.45, 2.75) is 4.90 Å². The smallest absolute Gasteiger partial charge is 0.272 e. The molecule has 0 heterocycles. The number of carbonyl (C=O) groups excluding carboxylic acids is 1. The van der Waals surface area contributed by atoms with E-state index in [4.69, 9.17) is 27.9 Å². The predicted octanol–water partition coefficient (Wildman–Crippen LogP) is 2.52. The van der Waals surface area contributed by atoms with Gasteiger partial charge in [0.1, 0.15) is 16.5 Å². The number of hydrazine groups is 1. The van der Waals surface area contributed by atoms with Crippen molar-refractivity contribution in [3.05, 3.63) is 58.3 Å². The van der Waals surface area contributed by atoms with Gasteiger partial charge in [-0.1, -0.05) is 35.3 Å². The number of amides is 1. The molecule has 0 aliphatic carbocycles. The number of benzene rings is 2. The van der Waals surface area contributed by atoms with E-state index in [1.807, 2.05) is 5.43 Å². The summed E-state index contributed by atoms with van der Waals surface area (Å²) in [6.45, 7) is -0.513. The van der Waals surface area contributed by atoms with Crippen LogP contribution < -0.4 is 15.0 Å². The summed E-state index contributed by atoms with van der Waals surface area (Å²) in [4.78, 5) is 12.8. The van der Waals surface area contributed by atoms with Gasteiger partial charge < -0.3 is 4.74 Å². The van der Waals surface area contributed by atoms with E-state index < -0.39 is 33.3 Å². The molecule has 0 aromatic heterocycles. The minimum absolute atomic E-state index is 0.197. The Morgan fingerprint density at radius 2 is 1.88 bits per heavy atom. The Morgan fingerprint density at radius 1 is 1.17 bits per heavy atom. The van der Waals surface area contributed by atoms with Gasteiger partial charge in [-0.3, -0.25) is 10.2 Å². The topological polar surface area (TPSA) is 84.5 Å². The molecule has 0 bridgehead atoms. The number of rotatable bonds is 6. The second-order valence-corrected chi connectivity index (χ2v) is 6.94. The van der Waals surface area contributed by atoms with Gasteiger partial charge in [0.15, 0.2) is 6.61 Å². The van der Waals surface area contributed by atoms with Gasteiger partial charge in [0.2, 0.25) is 0 Å². The molecule has 2 aromatic rings. The summed E-state index contributed by atoms with van der Waals surface area (Å²) in [5.74, 6) is -1.54. The molecule has 0 spiro atoms. The van der Waals surface area contributed by atoms with E-state index in [0.29, 0.717) is 5.02 Å². The Labute approximate surface area is 147 Å². The van der Waals surface area contributed by atoms with Gasteiger partial charge in [-0.05, 0) is 30.3 Å². The average Bonchev–Trinajstić information content (AvgIpc) is 2.52. The van der Waals surface area contributed by atoms with Gasteiger partial charge in [0, 0.05) is 5.02 Å². The maximum absolute atomic E-state index is 13.5. The molecule has 0 saturated heterocycles. The molecule has 24 heavy (non-hydrogen) atoms. The zero-order valence-corrected chi connectivity index (χ0v) is 14.3. The molecule has 0 saturated carbocycles. The van der Waals surface area contributed by atoms with Gasteiger partial charge in [0.05, 0.1) is 5.02 Å². The van der Waals surface area contributed by atoms with E-state index in [2.05, 4.69) is 0 Å². The lowest BCUT2D eigenvalue weighted by Crippen LogP contribution is -2.43. The molecule has 6 nitrogen and oxygen atoms in total. The summed E-state index contributed by atoms with van der Waals surface area (Å²) < 4.78 is 42.4. The highest BCUT2D eigenvalue weighted by molar-refractivity contribution is 7.89. The number of ether oxygens (including phenoxy) is 1. The van der Waals surface area contributed by atoms with Crippen LogP contribution in [-0.4, -0.2) is 20.9 Å². The minimum Gasteiger partial charge on any atom is -0.482 e. The van der Waals surface area contributed by atoms with Crippen LogP contribution in [0.3, 0.4) is 0 Å². The molecule has 0 fully saturated rings. The summed E-state index contributed by atoms with van der Waals surface area (Å²) in [6, 6.07) is 9.15. The molecule has 1 amide bonds. The number of hydrogen-bond donors (Lipinski definition) is 2. The molecule has 2 rings (SSSR count). The molecule has 0 aliphatic heterocycles. The lowest BCUT2D eigenvalue weighted by Gasteiger charge is -2.10. The maximum atomic E-state index is 13.5. The SMILES string of the molecule is O=C(COc1ccc(Cl)cc1Cl)NNS(=O)(=O)c1ccccc1F. The third-order valence-corrected chi connectivity index (χ3v) is 4.52. The third-order valence-electron chi connectivity index (χ3n) is 2.70. The Kier molecular flexibility index (Phi) is 6.00. The molecule has 0 atom stereocenters. The van der Waals surface area contributed by atoms with Crippen LogP contribution in [0.2, 0.25) is 10.0 Å². The van der Waals surface area contributed by atoms with Crippen LogP contribution in [0.15, 0.2) is 47.4 Å². The largest absolute Gasteiger partial charge is 0.482 e. The van der Waals surface area contributed by atoms with Crippen molar-refractivity contribution >= 4 is 39.1 Å². The fraction of sp³-hybridized carbons (Fsp3) is 0.0714. The summed E-state index contributed by atoms with van der Waals surface area (Å²) >= 11 is 11.6. The molecular weight excluding hydrogens is 382 g/mol. The van der Waals surface area contributed by atoms with Gasteiger partial charge in [-0.15, -0.1) is 4.83 Å². The first-order valence-corrected chi connectivity index (χ1v) is 8.66. The van der Waals surface area contributed by atoms with Crippen molar-refractivity contribution in [1.29, 1.82) is 0 Å². The van der Waals surface area contributed by atoms with Gasteiger partial charge in [-0.2, -0.15) is 0 Å². The van der Waals surface area contributed by atoms with Crippen LogP contribution in [0, 0.1) is 5.82 Å². The van der Waals surface area contributed by atoms with Gasteiger partial charge in [0.25, 0.3) is 15.9 Å². The van der Waals surface area contributed by atoms with Crippen molar-refractivity contribution in [3.8, 4) is 5.75 Å². The third kappa shape index (κ3) is 4.81. The first kappa shape index (κ1) is 18.5. The fourth-order valence-corrected chi connectivity index (χ4v) is 3.02. The van der Waals surface area contributed by atoms with E-state index in [1.54, 1.807) is 4.83 Å². The van der Waals surface area contributed by atoms with Crippen molar-refractivity contribution in [2.75, 3.05) is 6.61 Å². The quantitative estimate of drug-likeness (QED) is 0.739. The molecule has 128 valence electrons. The highest BCUT2D eigenvalue weighted by atomic mass is 35.5. The Hall–Kier alpha value is -1.87. The lowest BCUT2D eigenvalue weighted by atomic mass is 10.3. The van der Waals surface area contributed by atoms with Crippen LogP contribution in [0.25, 0.3) is 0 Å². The van der Waals surface area contributed by atoms with Crippen LogP contribution in [0.5, 0.6) is 5.75 Å². The first-order valence-electron chi connectivity index (χ1n) is 6.42. The van der Waals surface area contributed by atoms with Crippen molar-refractivity contribution in [3.63, 3.8) is 0 Å². The minimum atomic E-state index is -4.24. The number of sulfonamides is 1. The molecule has 0 unspecified atom stereocenters. The Morgan fingerprint density at radius 3 is 2.54 bits per heavy atom. The van der Waals surface area contributed by atoms with Crippen LogP contribution in [0.4, 0.5) is 4.39 Å². The normalized spacial score (nSPS) is 11.1. The van der Waals surface area contributed by atoms with Crippen molar-refractivity contribution < 1.29 is 22.3 Å². The zero-order valence-electron chi connectivity index (χ0n) is 11.9. The monoisotopic (exact) mass is 392 g/mol.